The van der Waals surface area contributed by atoms with Crippen molar-refractivity contribution >= 4 is 6.21 Å². The molecule has 0 bridgehead atoms. The number of allylic oxidation sites excluding steroid dienone is 3. The van der Waals surface area contributed by atoms with Gasteiger partial charge in [-0.3, -0.25) is 4.99 Å². The fourth-order valence-corrected chi connectivity index (χ4v) is 3.13. The van der Waals surface area contributed by atoms with E-state index >= 15 is 0 Å². The minimum Gasteiger partial charge on any atom is -0.467 e. The topological polar surface area (TPSA) is 25.5 Å². The number of hydrogen-bond donors (Lipinski definition) is 0. The predicted molar refractivity (Wildman–Crippen MR) is 89.5 cm³/mol. The first-order valence-electron chi connectivity index (χ1n) is 7.76. The van der Waals surface area contributed by atoms with E-state index in [1.807, 2.05) is 12.1 Å². The zero-order valence-electron chi connectivity index (χ0n) is 13.8. The highest BCUT2D eigenvalue weighted by Gasteiger charge is 2.28. The van der Waals surface area contributed by atoms with Crippen LogP contribution in [0.15, 0.2) is 51.1 Å². The molecule has 2 rings (SSSR count). The Morgan fingerprint density at radius 3 is 2.90 bits per heavy atom. The summed E-state index contributed by atoms with van der Waals surface area (Å²) in [5.74, 6) is 1.49. The highest BCUT2D eigenvalue weighted by atomic mass is 16.3. The first-order chi connectivity index (χ1) is 9.89. The molecule has 1 aromatic heterocycles. The molecular formula is C19H27NO. The van der Waals surface area contributed by atoms with Crippen LogP contribution in [0, 0.1) is 11.3 Å². The van der Waals surface area contributed by atoms with Crippen molar-refractivity contribution in [3.8, 4) is 0 Å². The Labute approximate surface area is 128 Å². The van der Waals surface area contributed by atoms with E-state index in [1.165, 1.54) is 18.4 Å². The van der Waals surface area contributed by atoms with Crippen LogP contribution in [-0.2, 0) is 6.54 Å². The van der Waals surface area contributed by atoms with Crippen LogP contribution in [0.5, 0.6) is 0 Å². The maximum absolute atomic E-state index is 5.31. The van der Waals surface area contributed by atoms with Crippen molar-refractivity contribution in [1.82, 2.24) is 0 Å². The van der Waals surface area contributed by atoms with E-state index in [-0.39, 0.29) is 5.41 Å². The van der Waals surface area contributed by atoms with Crippen LogP contribution in [0.25, 0.3) is 0 Å². The van der Waals surface area contributed by atoms with Crippen LogP contribution in [0.1, 0.15) is 52.7 Å². The molecule has 1 aromatic rings. The Morgan fingerprint density at radius 1 is 1.52 bits per heavy atom. The highest BCUT2D eigenvalue weighted by molar-refractivity contribution is 5.65. The lowest BCUT2D eigenvalue weighted by atomic mass is 9.80. The number of rotatable bonds is 6. The average molecular weight is 285 g/mol. The largest absolute Gasteiger partial charge is 0.467 e. The zero-order chi connectivity index (χ0) is 15.5. The molecule has 0 saturated heterocycles. The summed E-state index contributed by atoms with van der Waals surface area (Å²) >= 11 is 0. The Balaban J connectivity index is 2.01. The summed E-state index contributed by atoms with van der Waals surface area (Å²) in [6, 6.07) is 3.87. The summed E-state index contributed by atoms with van der Waals surface area (Å²) in [4.78, 5) is 4.56. The fourth-order valence-electron chi connectivity index (χ4n) is 3.13. The molecule has 1 atom stereocenters. The molecule has 2 nitrogen and oxygen atoms in total. The Hall–Kier alpha value is -1.57. The van der Waals surface area contributed by atoms with E-state index in [2.05, 4.69) is 45.5 Å². The molecule has 0 amide bonds. The monoisotopic (exact) mass is 285 g/mol. The smallest absolute Gasteiger partial charge is 0.125 e. The van der Waals surface area contributed by atoms with Gasteiger partial charge in [-0.15, -0.1) is 0 Å². The van der Waals surface area contributed by atoms with Crippen LogP contribution in [0.4, 0.5) is 0 Å². The molecule has 0 aliphatic heterocycles. The molecule has 1 aliphatic rings. The van der Waals surface area contributed by atoms with Gasteiger partial charge in [0.1, 0.15) is 5.76 Å². The molecule has 21 heavy (non-hydrogen) atoms. The molecule has 1 unspecified atom stereocenters. The number of furan rings is 1. The van der Waals surface area contributed by atoms with E-state index in [1.54, 1.807) is 17.4 Å². The summed E-state index contributed by atoms with van der Waals surface area (Å²) < 4.78 is 5.31. The van der Waals surface area contributed by atoms with Gasteiger partial charge in [0.25, 0.3) is 0 Å². The molecule has 0 saturated carbocycles. The lowest BCUT2D eigenvalue weighted by Crippen LogP contribution is -2.17. The SMILES string of the molecule is C=C(C)C1CCC(C)=C1CC(C)(C)C=NCc1ccco1. The van der Waals surface area contributed by atoms with Gasteiger partial charge < -0.3 is 4.42 Å². The number of nitrogens with zero attached hydrogens (tertiary/aromatic N) is 1. The minimum atomic E-state index is 0.0707. The van der Waals surface area contributed by atoms with Crippen molar-refractivity contribution in [3.63, 3.8) is 0 Å². The van der Waals surface area contributed by atoms with Gasteiger partial charge >= 0.3 is 0 Å². The predicted octanol–water partition coefficient (Wildman–Crippen LogP) is 5.57. The maximum Gasteiger partial charge on any atom is 0.125 e. The van der Waals surface area contributed by atoms with Crippen molar-refractivity contribution in [3.05, 3.63) is 47.5 Å². The van der Waals surface area contributed by atoms with Gasteiger partial charge in [0.15, 0.2) is 0 Å². The molecule has 2 heteroatoms. The Bertz CT molecular complexity index is 546. The molecule has 0 N–H and O–H groups in total. The zero-order valence-corrected chi connectivity index (χ0v) is 13.8. The number of hydrogen-bond acceptors (Lipinski definition) is 2. The lowest BCUT2D eigenvalue weighted by molar-refractivity contribution is 0.493. The van der Waals surface area contributed by atoms with Crippen LogP contribution < -0.4 is 0 Å². The van der Waals surface area contributed by atoms with Gasteiger partial charge in [0.05, 0.1) is 12.8 Å². The van der Waals surface area contributed by atoms with Crippen molar-refractivity contribution in [1.29, 1.82) is 0 Å². The molecule has 1 heterocycles. The molecular weight excluding hydrogens is 258 g/mol. The highest BCUT2D eigenvalue weighted by Crippen LogP contribution is 2.41. The van der Waals surface area contributed by atoms with Gasteiger partial charge in [-0.05, 0) is 45.2 Å². The molecule has 1 aliphatic carbocycles. The van der Waals surface area contributed by atoms with Gasteiger partial charge in [0.2, 0.25) is 0 Å². The standard InChI is InChI=1S/C19H27NO/c1-14(2)17-9-8-15(3)18(17)11-19(4,5)13-20-12-16-7-6-10-21-16/h6-7,10,13,17H,1,8-9,11-12H2,2-5H3. The summed E-state index contributed by atoms with van der Waals surface area (Å²) in [6.45, 7) is 13.7. The second-order valence-electron chi connectivity index (χ2n) is 6.96. The van der Waals surface area contributed by atoms with E-state index in [0.717, 1.165) is 12.2 Å². The quantitative estimate of drug-likeness (QED) is 0.495. The molecule has 114 valence electrons. The maximum atomic E-state index is 5.31. The van der Waals surface area contributed by atoms with Crippen molar-refractivity contribution in [2.45, 2.75) is 53.5 Å². The third-order valence-corrected chi connectivity index (χ3v) is 4.29. The van der Waals surface area contributed by atoms with Crippen LogP contribution in [0.3, 0.4) is 0 Å². The lowest BCUT2D eigenvalue weighted by Gasteiger charge is -2.25. The van der Waals surface area contributed by atoms with E-state index < -0.39 is 0 Å². The fraction of sp³-hybridized carbons (Fsp3) is 0.526. The summed E-state index contributed by atoms with van der Waals surface area (Å²) in [5.41, 5.74) is 4.50. The van der Waals surface area contributed by atoms with Gasteiger partial charge in [-0.1, -0.05) is 37.1 Å². The van der Waals surface area contributed by atoms with Crippen LogP contribution >= 0.6 is 0 Å². The van der Waals surface area contributed by atoms with E-state index in [9.17, 15) is 0 Å². The van der Waals surface area contributed by atoms with Crippen LogP contribution in [0.2, 0.25) is 0 Å². The summed E-state index contributed by atoms with van der Waals surface area (Å²) in [7, 11) is 0. The first kappa shape index (κ1) is 15.8. The minimum absolute atomic E-state index is 0.0707. The van der Waals surface area contributed by atoms with Crippen LogP contribution in [-0.4, -0.2) is 6.21 Å². The summed E-state index contributed by atoms with van der Waals surface area (Å²) in [6.07, 6.45) is 7.30. The molecule has 0 aromatic carbocycles. The third-order valence-electron chi connectivity index (χ3n) is 4.29. The van der Waals surface area contributed by atoms with Crippen molar-refractivity contribution in [2.24, 2.45) is 16.3 Å². The van der Waals surface area contributed by atoms with Crippen molar-refractivity contribution in [2.75, 3.05) is 0 Å². The summed E-state index contributed by atoms with van der Waals surface area (Å²) in [5, 5.41) is 0. The normalized spacial score (nSPS) is 19.7. The number of aliphatic imine (C=N–C) groups is 1. The average Bonchev–Trinajstić information content (AvgIpc) is 3.00. The van der Waals surface area contributed by atoms with Gasteiger partial charge in [-0.25, -0.2) is 0 Å². The molecule has 0 spiro atoms. The molecule has 0 fully saturated rings. The van der Waals surface area contributed by atoms with Crippen molar-refractivity contribution < 1.29 is 4.42 Å². The second-order valence-corrected chi connectivity index (χ2v) is 6.96. The van der Waals surface area contributed by atoms with E-state index in [4.69, 9.17) is 4.42 Å². The third kappa shape index (κ3) is 4.20. The van der Waals surface area contributed by atoms with Gasteiger partial charge in [-0.2, -0.15) is 0 Å². The van der Waals surface area contributed by atoms with E-state index in [0.29, 0.717) is 12.5 Å². The second kappa shape index (κ2) is 6.46. The first-order valence-corrected chi connectivity index (χ1v) is 7.76. The Morgan fingerprint density at radius 2 is 2.29 bits per heavy atom. The molecule has 0 radical (unpaired) electrons. The van der Waals surface area contributed by atoms with Gasteiger partial charge in [0, 0.05) is 17.5 Å². The Kier molecular flexibility index (Phi) is 4.87.